The monoisotopic (exact) mass is 838 g/mol. The third-order valence-corrected chi connectivity index (χ3v) is 9.27. The zero-order valence-corrected chi connectivity index (χ0v) is 34.6. The zero-order valence-electron chi connectivity index (χ0n) is 34.6. The van der Waals surface area contributed by atoms with Crippen LogP contribution in [0.5, 0.6) is 23.0 Å². The van der Waals surface area contributed by atoms with E-state index >= 15 is 0 Å². The standard InChI is InChI=1S/2C20H14N2O4.2C3H7NO/c2*1-24-12-8-6-11(7-9-12)16-14(10-21)19(22)26-18-13-4-2-3-5-15(13)25-20(23)17(16)18;2*1-4(2)3-5/h2*2-9,16H,22H2,1H3;2*3H,1-2H3/t2*16-;;/m11../s1. The number of nitriles is 2. The van der Waals surface area contributed by atoms with E-state index in [-0.39, 0.29) is 34.0 Å². The lowest BCUT2D eigenvalue weighted by Crippen LogP contribution is -2.26. The molecule has 2 aliphatic rings. The van der Waals surface area contributed by atoms with Gasteiger partial charge in [0.15, 0.2) is 11.5 Å². The summed E-state index contributed by atoms with van der Waals surface area (Å²) in [6.07, 6.45) is 1.50. The number of ether oxygens (including phenoxy) is 4. The van der Waals surface area contributed by atoms with E-state index in [1.165, 1.54) is 9.80 Å². The number of fused-ring (bicyclic) bond motifs is 6. The number of nitrogens with two attached hydrogens (primary N) is 2. The van der Waals surface area contributed by atoms with Crippen molar-refractivity contribution in [2.24, 2.45) is 11.5 Å². The number of methoxy groups -OCH3 is 2. The third-order valence-electron chi connectivity index (χ3n) is 9.27. The number of carbonyl (C=O) groups excluding carboxylic acids is 2. The lowest BCUT2D eigenvalue weighted by molar-refractivity contribution is -0.116. The Morgan fingerprint density at radius 1 is 0.581 bits per heavy atom. The van der Waals surface area contributed by atoms with Crippen LogP contribution in [-0.2, 0) is 9.59 Å². The predicted molar refractivity (Wildman–Crippen MR) is 229 cm³/mol. The highest BCUT2D eigenvalue weighted by Gasteiger charge is 2.37. The van der Waals surface area contributed by atoms with Crippen LogP contribution in [0.3, 0.4) is 0 Å². The molecular formula is C46H42N6O10. The van der Waals surface area contributed by atoms with E-state index in [1.54, 1.807) is 127 Å². The second kappa shape index (κ2) is 20.0. The first kappa shape index (κ1) is 44.6. The molecule has 0 bridgehead atoms. The molecule has 6 aromatic rings. The zero-order chi connectivity index (χ0) is 45.1. The molecule has 2 amide bonds. The van der Waals surface area contributed by atoms with Crippen molar-refractivity contribution in [2.45, 2.75) is 11.8 Å². The van der Waals surface area contributed by atoms with Gasteiger partial charge in [0.05, 0.1) is 48.0 Å². The third kappa shape index (κ3) is 9.51. The Labute approximate surface area is 355 Å². The molecule has 316 valence electrons. The SMILES string of the molecule is CN(C)C=O.CN(C)C=O.COc1ccc([C@@H]2C(C#N)=C(N)Oc3c2c(=O)oc2ccccc32)cc1.COc1ccc([C@@H]2C(C#N)=C(N)Oc3c2c(=O)oc2ccccc32)cc1. The summed E-state index contributed by atoms with van der Waals surface area (Å²) in [5.74, 6) is 0.617. The average Bonchev–Trinajstić information content (AvgIpc) is 3.29. The Morgan fingerprint density at radius 2 is 0.903 bits per heavy atom. The summed E-state index contributed by atoms with van der Waals surface area (Å²) in [6, 6.07) is 32.4. The van der Waals surface area contributed by atoms with E-state index in [4.69, 9.17) is 39.2 Å². The molecule has 0 saturated heterocycles. The first-order valence-electron chi connectivity index (χ1n) is 18.6. The lowest BCUT2D eigenvalue weighted by Gasteiger charge is -2.26. The summed E-state index contributed by atoms with van der Waals surface area (Å²) >= 11 is 0. The highest BCUT2D eigenvalue weighted by atomic mass is 16.5. The van der Waals surface area contributed by atoms with Gasteiger partial charge in [-0.25, -0.2) is 9.59 Å². The minimum Gasteiger partial charge on any atom is -0.497 e. The fourth-order valence-corrected chi connectivity index (χ4v) is 6.39. The normalized spacial score (nSPS) is 14.5. The Hall–Kier alpha value is -8.50. The molecule has 16 heteroatoms. The molecule has 0 aliphatic carbocycles. The molecule has 0 fully saturated rings. The van der Waals surface area contributed by atoms with Crippen LogP contribution in [0.15, 0.2) is 138 Å². The molecule has 8 rings (SSSR count). The van der Waals surface area contributed by atoms with E-state index in [0.717, 1.165) is 23.9 Å². The first-order chi connectivity index (χ1) is 29.8. The first-order valence-corrected chi connectivity index (χ1v) is 18.6. The molecule has 0 unspecified atom stereocenters. The fraction of sp³-hybridized carbons (Fsp3) is 0.174. The molecule has 2 aliphatic heterocycles. The van der Waals surface area contributed by atoms with Crippen molar-refractivity contribution in [3.63, 3.8) is 0 Å². The van der Waals surface area contributed by atoms with Gasteiger partial charge in [0.1, 0.15) is 45.9 Å². The van der Waals surface area contributed by atoms with E-state index in [2.05, 4.69) is 12.1 Å². The maximum atomic E-state index is 12.7. The predicted octanol–water partition coefficient (Wildman–Crippen LogP) is 5.45. The quantitative estimate of drug-likeness (QED) is 0.157. The Morgan fingerprint density at radius 3 is 1.19 bits per heavy atom. The lowest BCUT2D eigenvalue weighted by atomic mass is 9.84. The highest BCUT2D eigenvalue weighted by Crippen LogP contribution is 2.45. The number of hydrogen-bond donors (Lipinski definition) is 2. The molecule has 2 aromatic heterocycles. The fourth-order valence-electron chi connectivity index (χ4n) is 6.39. The van der Waals surface area contributed by atoms with Gasteiger partial charge in [0, 0.05) is 28.2 Å². The van der Waals surface area contributed by atoms with Gasteiger partial charge in [-0.05, 0) is 59.7 Å². The number of para-hydroxylation sites is 2. The van der Waals surface area contributed by atoms with Gasteiger partial charge in [0.25, 0.3) is 0 Å². The molecule has 16 nitrogen and oxygen atoms in total. The van der Waals surface area contributed by atoms with Gasteiger partial charge in [-0.2, -0.15) is 10.5 Å². The van der Waals surface area contributed by atoms with Gasteiger partial charge in [-0.1, -0.05) is 48.5 Å². The van der Waals surface area contributed by atoms with Gasteiger partial charge < -0.3 is 49.0 Å². The maximum absolute atomic E-state index is 12.7. The van der Waals surface area contributed by atoms with Gasteiger partial charge in [-0.3, -0.25) is 9.59 Å². The van der Waals surface area contributed by atoms with Crippen molar-refractivity contribution in [2.75, 3.05) is 42.4 Å². The van der Waals surface area contributed by atoms with Crippen LogP contribution < -0.4 is 41.7 Å². The number of carbonyl (C=O) groups is 2. The molecule has 0 spiro atoms. The van der Waals surface area contributed by atoms with Crippen LogP contribution in [-0.4, -0.2) is 65.0 Å². The van der Waals surface area contributed by atoms with Gasteiger partial charge in [-0.15, -0.1) is 0 Å². The number of allylic oxidation sites excluding steroid dienone is 2. The van der Waals surface area contributed by atoms with Crippen LogP contribution in [0.2, 0.25) is 0 Å². The summed E-state index contributed by atoms with van der Waals surface area (Å²) in [7, 11) is 9.89. The van der Waals surface area contributed by atoms with Gasteiger partial charge >= 0.3 is 11.3 Å². The number of amides is 2. The Bertz CT molecular complexity index is 2670. The summed E-state index contributed by atoms with van der Waals surface area (Å²) in [5.41, 5.74) is 14.0. The van der Waals surface area contributed by atoms with Crippen LogP contribution in [0.4, 0.5) is 0 Å². The molecule has 62 heavy (non-hydrogen) atoms. The second-order valence-corrected chi connectivity index (χ2v) is 13.8. The molecule has 0 saturated carbocycles. The highest BCUT2D eigenvalue weighted by molar-refractivity contribution is 5.87. The van der Waals surface area contributed by atoms with Crippen LogP contribution >= 0.6 is 0 Å². The van der Waals surface area contributed by atoms with E-state index < -0.39 is 23.1 Å². The summed E-state index contributed by atoms with van der Waals surface area (Å²) < 4.78 is 32.6. The Kier molecular flexibility index (Phi) is 14.4. The average molecular weight is 839 g/mol. The van der Waals surface area contributed by atoms with Crippen LogP contribution in [0, 0.1) is 22.7 Å². The van der Waals surface area contributed by atoms with Crippen molar-refractivity contribution >= 4 is 34.8 Å². The van der Waals surface area contributed by atoms with Crippen LogP contribution in [0.1, 0.15) is 34.1 Å². The van der Waals surface area contributed by atoms with E-state index in [1.807, 2.05) is 12.1 Å². The largest absolute Gasteiger partial charge is 0.497 e. The number of nitrogens with zero attached hydrogens (tertiary/aromatic N) is 4. The molecule has 4 heterocycles. The van der Waals surface area contributed by atoms with Crippen LogP contribution in [0.25, 0.3) is 21.9 Å². The maximum Gasteiger partial charge on any atom is 0.344 e. The summed E-state index contributed by atoms with van der Waals surface area (Å²) in [6.45, 7) is 0. The van der Waals surface area contributed by atoms with E-state index in [9.17, 15) is 29.7 Å². The minimum atomic E-state index is -0.671. The molecule has 4 N–H and O–H groups in total. The minimum absolute atomic E-state index is 0.0171. The molecular weight excluding hydrogens is 797 g/mol. The van der Waals surface area contributed by atoms with Crippen molar-refractivity contribution < 1.29 is 37.4 Å². The van der Waals surface area contributed by atoms with Gasteiger partial charge in [0.2, 0.25) is 24.6 Å². The number of rotatable bonds is 6. The van der Waals surface area contributed by atoms with Crippen molar-refractivity contribution in [1.82, 2.24) is 9.80 Å². The smallest absolute Gasteiger partial charge is 0.344 e. The number of benzene rings is 4. The summed E-state index contributed by atoms with van der Waals surface area (Å²) in [5, 5.41) is 20.4. The summed E-state index contributed by atoms with van der Waals surface area (Å²) in [4.78, 5) is 47.2. The molecule has 0 radical (unpaired) electrons. The second-order valence-electron chi connectivity index (χ2n) is 13.8. The molecule has 2 atom stereocenters. The molecule has 4 aromatic carbocycles. The van der Waals surface area contributed by atoms with E-state index in [0.29, 0.717) is 44.9 Å². The topological polar surface area (TPSA) is 238 Å². The van der Waals surface area contributed by atoms with Crippen molar-refractivity contribution in [1.29, 1.82) is 10.5 Å². The number of hydrogen-bond acceptors (Lipinski definition) is 14. The van der Waals surface area contributed by atoms with Crippen molar-refractivity contribution in [3.8, 4) is 35.1 Å². The van der Waals surface area contributed by atoms with Crippen molar-refractivity contribution in [3.05, 3.63) is 163 Å². The Balaban J connectivity index is 0.000000193.